The first-order valence-corrected chi connectivity index (χ1v) is 8.31. The average molecular weight is 370 g/mol. The Morgan fingerprint density at radius 3 is 2.46 bits per heavy atom. The molecule has 1 heterocycles. The summed E-state index contributed by atoms with van der Waals surface area (Å²) in [5.41, 5.74) is -0.820. The molecular formula is C11H16F2N4O6S. The quantitative estimate of drug-likeness (QED) is 0.640. The number of rotatable bonds is 8. The van der Waals surface area contributed by atoms with Gasteiger partial charge in [0.05, 0.1) is 19.4 Å². The van der Waals surface area contributed by atoms with Crippen molar-refractivity contribution in [2.24, 2.45) is 0 Å². The number of alkyl carbamates (subject to hydrolysis) is 1. The zero-order valence-electron chi connectivity index (χ0n) is 12.8. The maximum Gasteiger partial charge on any atom is 0.408 e. The number of amides is 1. The Bertz CT molecular complexity index is 691. The first-order valence-electron chi connectivity index (χ1n) is 6.65. The number of carbonyl (C=O) groups is 2. The van der Waals surface area contributed by atoms with Gasteiger partial charge in [0.15, 0.2) is 0 Å². The first kappa shape index (κ1) is 19.6. The van der Waals surface area contributed by atoms with Crippen LogP contribution in [-0.4, -0.2) is 49.2 Å². The molecule has 1 amide bonds. The monoisotopic (exact) mass is 370 g/mol. The summed E-state index contributed by atoms with van der Waals surface area (Å²) in [6.45, 7) is 2.97. The molecule has 0 unspecified atom stereocenters. The van der Waals surface area contributed by atoms with E-state index in [0.717, 1.165) is 0 Å². The van der Waals surface area contributed by atoms with Crippen LogP contribution in [0, 0.1) is 0 Å². The minimum atomic E-state index is -4.22. The van der Waals surface area contributed by atoms with E-state index in [0.29, 0.717) is 10.9 Å². The minimum Gasteiger partial charge on any atom is -0.460 e. The highest BCUT2D eigenvalue weighted by molar-refractivity contribution is 7.92. The van der Waals surface area contributed by atoms with E-state index in [1.807, 2.05) is 10.1 Å². The van der Waals surface area contributed by atoms with Gasteiger partial charge in [-0.05, 0) is 13.8 Å². The van der Waals surface area contributed by atoms with Crippen molar-refractivity contribution in [2.75, 3.05) is 23.9 Å². The second-order valence-corrected chi connectivity index (χ2v) is 5.83. The Balaban J connectivity index is 2.95. The minimum absolute atomic E-state index is 0.0333. The van der Waals surface area contributed by atoms with Gasteiger partial charge in [0.2, 0.25) is 5.82 Å². The number of nitrogens with one attached hydrogen (secondary N) is 2. The molecule has 13 heteroatoms. The Kier molecular flexibility index (Phi) is 6.88. The molecule has 10 nitrogen and oxygen atoms in total. The SMILES string of the molecule is CCOC(=O)NCS(=O)(=O)Nn1cc(C(F)F)nc1C(=O)OCC. The molecule has 2 N–H and O–H groups in total. The van der Waals surface area contributed by atoms with Crippen molar-refractivity contribution in [3.8, 4) is 0 Å². The number of hydrogen-bond donors (Lipinski definition) is 2. The molecule has 0 saturated heterocycles. The molecule has 1 aromatic rings. The fourth-order valence-corrected chi connectivity index (χ4v) is 2.24. The highest BCUT2D eigenvalue weighted by Gasteiger charge is 2.24. The van der Waals surface area contributed by atoms with Crippen LogP contribution in [0.15, 0.2) is 6.20 Å². The van der Waals surface area contributed by atoms with Gasteiger partial charge in [-0.1, -0.05) is 0 Å². The number of esters is 1. The fraction of sp³-hybridized carbons (Fsp3) is 0.545. The van der Waals surface area contributed by atoms with Crippen LogP contribution in [0.2, 0.25) is 0 Å². The number of carbonyl (C=O) groups excluding carboxylic acids is 2. The molecule has 1 rings (SSSR count). The summed E-state index contributed by atoms with van der Waals surface area (Å²) < 4.78 is 58.7. The van der Waals surface area contributed by atoms with Gasteiger partial charge in [0, 0.05) is 0 Å². The van der Waals surface area contributed by atoms with E-state index >= 15 is 0 Å². The lowest BCUT2D eigenvalue weighted by Crippen LogP contribution is -2.36. The normalized spacial score (nSPS) is 11.2. The van der Waals surface area contributed by atoms with Gasteiger partial charge in [0.25, 0.3) is 16.4 Å². The van der Waals surface area contributed by atoms with Crippen molar-refractivity contribution in [1.82, 2.24) is 15.0 Å². The summed E-state index contributed by atoms with van der Waals surface area (Å²) in [5.74, 6) is -2.67. The first-order chi connectivity index (χ1) is 11.2. The number of aromatic nitrogens is 2. The van der Waals surface area contributed by atoms with Crippen LogP contribution in [0.25, 0.3) is 0 Å². The van der Waals surface area contributed by atoms with Crippen molar-refractivity contribution in [2.45, 2.75) is 20.3 Å². The maximum absolute atomic E-state index is 12.7. The number of imidazole rings is 1. The Morgan fingerprint density at radius 2 is 1.92 bits per heavy atom. The summed E-state index contributed by atoms with van der Waals surface area (Å²) in [6, 6.07) is 0. The van der Waals surface area contributed by atoms with Crippen molar-refractivity contribution in [3.63, 3.8) is 0 Å². The maximum atomic E-state index is 12.7. The molecule has 24 heavy (non-hydrogen) atoms. The molecule has 0 saturated carbocycles. The number of hydrogen-bond acceptors (Lipinski definition) is 7. The molecular weight excluding hydrogens is 354 g/mol. The largest absolute Gasteiger partial charge is 0.460 e. The molecule has 0 aliphatic carbocycles. The molecule has 136 valence electrons. The van der Waals surface area contributed by atoms with Crippen LogP contribution >= 0.6 is 0 Å². The smallest absolute Gasteiger partial charge is 0.408 e. The number of nitrogens with zero attached hydrogens (tertiary/aromatic N) is 2. The zero-order chi connectivity index (χ0) is 18.3. The third kappa shape index (κ3) is 5.64. The fourth-order valence-electron chi connectivity index (χ4n) is 1.43. The van der Waals surface area contributed by atoms with Crippen LogP contribution in [0.5, 0.6) is 0 Å². The van der Waals surface area contributed by atoms with E-state index in [9.17, 15) is 26.8 Å². The van der Waals surface area contributed by atoms with Gasteiger partial charge in [-0.15, -0.1) is 0 Å². The van der Waals surface area contributed by atoms with E-state index in [-0.39, 0.29) is 13.2 Å². The lowest BCUT2D eigenvalue weighted by Gasteiger charge is -2.11. The molecule has 0 aliphatic rings. The zero-order valence-corrected chi connectivity index (χ0v) is 13.6. The number of ether oxygens (including phenoxy) is 2. The third-order valence-electron chi connectivity index (χ3n) is 2.33. The van der Waals surface area contributed by atoms with Gasteiger partial charge >= 0.3 is 12.1 Å². The molecule has 0 atom stereocenters. The average Bonchev–Trinajstić information content (AvgIpc) is 2.89. The topological polar surface area (TPSA) is 129 Å². The van der Waals surface area contributed by atoms with E-state index < -0.39 is 45.9 Å². The molecule has 0 spiro atoms. The van der Waals surface area contributed by atoms with Crippen molar-refractivity contribution in [1.29, 1.82) is 0 Å². The van der Waals surface area contributed by atoms with Gasteiger partial charge < -0.3 is 14.8 Å². The van der Waals surface area contributed by atoms with E-state index in [2.05, 4.69) is 14.5 Å². The number of sulfonamides is 1. The second kappa shape index (κ2) is 8.42. The molecule has 1 aromatic heterocycles. The van der Waals surface area contributed by atoms with Crippen molar-refractivity contribution in [3.05, 3.63) is 17.7 Å². The second-order valence-electron chi connectivity index (χ2n) is 4.13. The summed E-state index contributed by atoms with van der Waals surface area (Å²) in [6.07, 6.45) is -3.37. The molecule has 0 fully saturated rings. The summed E-state index contributed by atoms with van der Waals surface area (Å²) >= 11 is 0. The van der Waals surface area contributed by atoms with Crippen LogP contribution in [-0.2, 0) is 19.5 Å². The Labute approximate surface area is 136 Å². The third-order valence-corrected chi connectivity index (χ3v) is 3.32. The highest BCUT2D eigenvalue weighted by Crippen LogP contribution is 2.18. The van der Waals surface area contributed by atoms with Gasteiger partial charge in [0.1, 0.15) is 11.6 Å². The Morgan fingerprint density at radius 1 is 1.29 bits per heavy atom. The molecule has 0 aliphatic heterocycles. The number of alkyl halides is 2. The molecule has 0 radical (unpaired) electrons. The van der Waals surface area contributed by atoms with E-state index in [4.69, 9.17) is 0 Å². The molecule has 0 bridgehead atoms. The van der Waals surface area contributed by atoms with Crippen molar-refractivity contribution < 1.29 is 36.3 Å². The molecule has 0 aromatic carbocycles. The summed E-state index contributed by atoms with van der Waals surface area (Å²) in [4.78, 5) is 27.9. The standard InChI is InChI=1S/C11H16F2N4O6S/c1-3-22-10(18)9-15-7(8(12)13)5-17(9)16-24(20,21)6-14-11(19)23-4-2/h5,8,16H,3-4,6H2,1-2H3,(H,14,19). The van der Waals surface area contributed by atoms with E-state index in [1.165, 1.54) is 13.8 Å². The lowest BCUT2D eigenvalue weighted by atomic mass is 10.5. The van der Waals surface area contributed by atoms with Crippen molar-refractivity contribution >= 4 is 22.1 Å². The van der Waals surface area contributed by atoms with Gasteiger partial charge in [-0.25, -0.2) is 41.3 Å². The van der Waals surface area contributed by atoms with Crippen LogP contribution in [0.1, 0.15) is 36.6 Å². The predicted molar refractivity (Wildman–Crippen MR) is 76.4 cm³/mol. The van der Waals surface area contributed by atoms with Crippen LogP contribution in [0.4, 0.5) is 13.6 Å². The Hall–Kier alpha value is -2.44. The highest BCUT2D eigenvalue weighted by atomic mass is 32.2. The summed E-state index contributed by atoms with van der Waals surface area (Å²) in [5, 5.41) is 1.94. The number of halogens is 2. The predicted octanol–water partition coefficient (Wildman–Crippen LogP) is 0.574. The van der Waals surface area contributed by atoms with Gasteiger partial charge in [-0.2, -0.15) is 0 Å². The van der Waals surface area contributed by atoms with Crippen LogP contribution < -0.4 is 10.1 Å². The lowest BCUT2D eigenvalue weighted by molar-refractivity contribution is 0.0508. The van der Waals surface area contributed by atoms with Gasteiger partial charge in [-0.3, -0.25) is 0 Å². The summed E-state index contributed by atoms with van der Waals surface area (Å²) in [7, 11) is -4.22. The van der Waals surface area contributed by atoms with E-state index in [1.54, 1.807) is 0 Å². The van der Waals surface area contributed by atoms with Crippen LogP contribution in [0.3, 0.4) is 0 Å².